The average molecular weight is 383 g/mol. The van der Waals surface area contributed by atoms with Crippen molar-refractivity contribution in [3.63, 3.8) is 0 Å². The lowest BCUT2D eigenvalue weighted by Gasteiger charge is -2.22. The summed E-state index contributed by atoms with van der Waals surface area (Å²) >= 11 is 0. The number of benzene rings is 5. The molecule has 0 unspecified atom stereocenters. The van der Waals surface area contributed by atoms with Gasteiger partial charge < -0.3 is 4.57 Å². The van der Waals surface area contributed by atoms with Crippen LogP contribution in [0.1, 0.15) is 25.0 Å². The Morgan fingerprint density at radius 2 is 1.43 bits per heavy atom. The van der Waals surface area contributed by atoms with Gasteiger partial charge in [-0.1, -0.05) is 80.6 Å². The molecule has 5 aromatic carbocycles. The Balaban J connectivity index is 1.76. The van der Waals surface area contributed by atoms with E-state index in [2.05, 4.69) is 109 Å². The van der Waals surface area contributed by atoms with E-state index in [9.17, 15) is 0 Å². The van der Waals surface area contributed by atoms with Crippen molar-refractivity contribution in [3.05, 3.63) is 102 Å². The van der Waals surface area contributed by atoms with E-state index in [4.69, 9.17) is 0 Å². The normalized spacial score (nSPS) is 14.6. The molecule has 6 aromatic rings. The number of rotatable bonds is 1. The molecule has 0 amide bonds. The van der Waals surface area contributed by atoms with Gasteiger partial charge in [0.15, 0.2) is 0 Å². The molecule has 1 nitrogen and oxygen atoms in total. The molecule has 0 radical (unpaired) electrons. The first-order valence-corrected chi connectivity index (χ1v) is 10.6. The highest BCUT2D eigenvalue weighted by Crippen LogP contribution is 2.54. The van der Waals surface area contributed by atoms with Crippen molar-refractivity contribution in [2.75, 3.05) is 0 Å². The van der Waals surface area contributed by atoms with Gasteiger partial charge >= 0.3 is 0 Å². The fraction of sp³-hybridized carbons (Fsp3) is 0.103. The summed E-state index contributed by atoms with van der Waals surface area (Å²) in [7, 11) is 0. The van der Waals surface area contributed by atoms with E-state index < -0.39 is 0 Å². The molecule has 0 aliphatic heterocycles. The predicted molar refractivity (Wildman–Crippen MR) is 127 cm³/mol. The van der Waals surface area contributed by atoms with Gasteiger partial charge in [0.2, 0.25) is 0 Å². The number of nitrogens with zero attached hydrogens (tertiary/aromatic N) is 1. The second-order valence-corrected chi connectivity index (χ2v) is 9.02. The van der Waals surface area contributed by atoms with E-state index in [1.807, 2.05) is 0 Å². The Hall–Kier alpha value is -3.58. The summed E-state index contributed by atoms with van der Waals surface area (Å²) < 4.78 is 2.45. The van der Waals surface area contributed by atoms with E-state index in [0.29, 0.717) is 0 Å². The van der Waals surface area contributed by atoms with Gasteiger partial charge in [-0.25, -0.2) is 0 Å². The molecule has 1 heteroatoms. The zero-order chi connectivity index (χ0) is 20.0. The zero-order valence-corrected chi connectivity index (χ0v) is 17.1. The van der Waals surface area contributed by atoms with Crippen molar-refractivity contribution in [2.45, 2.75) is 19.3 Å². The van der Waals surface area contributed by atoms with Gasteiger partial charge in [-0.15, -0.1) is 0 Å². The molecular weight excluding hydrogens is 362 g/mol. The SMILES string of the molecule is CC1(C)c2ccccc2-c2c1cc1c3c2ccc2cccc(c23)n1-c1ccccc1. The lowest BCUT2D eigenvalue weighted by molar-refractivity contribution is 0.661. The van der Waals surface area contributed by atoms with E-state index in [1.165, 1.54) is 60.5 Å². The smallest absolute Gasteiger partial charge is 0.0550 e. The molecule has 1 aromatic heterocycles. The largest absolute Gasteiger partial charge is 0.309 e. The highest BCUT2D eigenvalue weighted by Gasteiger charge is 2.37. The molecular formula is C29H21N. The molecule has 0 fully saturated rings. The summed E-state index contributed by atoms with van der Waals surface area (Å²) in [6.07, 6.45) is 0. The molecule has 0 spiro atoms. The third-order valence-corrected chi connectivity index (χ3v) is 7.14. The Morgan fingerprint density at radius 3 is 2.30 bits per heavy atom. The minimum atomic E-state index is -0.0112. The topological polar surface area (TPSA) is 4.93 Å². The van der Waals surface area contributed by atoms with Crippen LogP contribution in [0.15, 0.2) is 91.0 Å². The lowest BCUT2D eigenvalue weighted by Crippen LogP contribution is -2.15. The van der Waals surface area contributed by atoms with E-state index in [-0.39, 0.29) is 5.41 Å². The minimum Gasteiger partial charge on any atom is -0.309 e. The standard InChI is InChI=1S/C29H21N/c1-29(2)22-13-7-6-12-20(22)27-21-16-15-18-9-8-14-24-26(18)28(21)25(17-23(27)29)30(24)19-10-4-3-5-11-19/h3-17H,1-2H3. The molecule has 7 rings (SSSR count). The number of para-hydroxylation sites is 1. The maximum atomic E-state index is 2.46. The van der Waals surface area contributed by atoms with Gasteiger partial charge in [-0.2, -0.15) is 0 Å². The Bertz CT molecular complexity index is 1600. The van der Waals surface area contributed by atoms with Crippen LogP contribution in [-0.2, 0) is 5.41 Å². The Kier molecular flexibility index (Phi) is 2.88. The molecule has 30 heavy (non-hydrogen) atoms. The van der Waals surface area contributed by atoms with E-state index >= 15 is 0 Å². The zero-order valence-electron chi connectivity index (χ0n) is 17.1. The highest BCUT2D eigenvalue weighted by molar-refractivity contribution is 6.27. The third-order valence-electron chi connectivity index (χ3n) is 7.14. The summed E-state index contributed by atoms with van der Waals surface area (Å²) in [5.41, 5.74) is 9.47. The molecule has 1 aliphatic rings. The molecule has 0 bridgehead atoms. The van der Waals surface area contributed by atoms with Crippen LogP contribution in [0.2, 0.25) is 0 Å². The van der Waals surface area contributed by atoms with Gasteiger partial charge in [0.25, 0.3) is 0 Å². The second kappa shape index (κ2) is 5.31. The Morgan fingerprint density at radius 1 is 0.633 bits per heavy atom. The second-order valence-electron chi connectivity index (χ2n) is 9.02. The lowest BCUT2D eigenvalue weighted by atomic mass is 9.82. The summed E-state index contributed by atoms with van der Waals surface area (Å²) in [4.78, 5) is 0. The molecule has 1 aliphatic carbocycles. The average Bonchev–Trinajstić information content (AvgIpc) is 3.24. The quantitative estimate of drug-likeness (QED) is 0.257. The summed E-state index contributed by atoms with van der Waals surface area (Å²) in [6.45, 7) is 4.73. The highest BCUT2D eigenvalue weighted by atomic mass is 15.0. The van der Waals surface area contributed by atoms with Crippen LogP contribution in [-0.4, -0.2) is 4.57 Å². The summed E-state index contributed by atoms with van der Waals surface area (Å²) in [5.74, 6) is 0. The third kappa shape index (κ3) is 1.79. The summed E-state index contributed by atoms with van der Waals surface area (Å²) in [6, 6.07) is 33.5. The summed E-state index contributed by atoms with van der Waals surface area (Å²) in [5, 5.41) is 5.45. The number of hydrogen-bond acceptors (Lipinski definition) is 0. The minimum absolute atomic E-state index is 0.0112. The maximum Gasteiger partial charge on any atom is 0.0550 e. The number of fused-ring (bicyclic) bond motifs is 4. The molecule has 142 valence electrons. The van der Waals surface area contributed by atoms with Gasteiger partial charge in [-0.05, 0) is 57.3 Å². The molecule has 0 saturated carbocycles. The monoisotopic (exact) mass is 383 g/mol. The van der Waals surface area contributed by atoms with Crippen molar-refractivity contribution >= 4 is 32.6 Å². The van der Waals surface area contributed by atoms with Gasteiger partial charge in [0.1, 0.15) is 0 Å². The molecule has 0 saturated heterocycles. The van der Waals surface area contributed by atoms with Crippen LogP contribution in [0.3, 0.4) is 0 Å². The van der Waals surface area contributed by atoms with Crippen molar-refractivity contribution in [2.24, 2.45) is 0 Å². The molecule has 0 N–H and O–H groups in total. The molecule has 1 heterocycles. The van der Waals surface area contributed by atoms with E-state index in [1.54, 1.807) is 0 Å². The Labute approximate surface area is 175 Å². The van der Waals surface area contributed by atoms with E-state index in [0.717, 1.165) is 0 Å². The van der Waals surface area contributed by atoms with Crippen molar-refractivity contribution in [1.29, 1.82) is 0 Å². The van der Waals surface area contributed by atoms with Crippen LogP contribution in [0, 0.1) is 0 Å². The first kappa shape index (κ1) is 16.2. The fourth-order valence-electron chi connectivity index (χ4n) is 5.78. The van der Waals surface area contributed by atoms with Crippen LogP contribution in [0.4, 0.5) is 0 Å². The van der Waals surface area contributed by atoms with Crippen LogP contribution >= 0.6 is 0 Å². The first-order valence-electron chi connectivity index (χ1n) is 10.6. The van der Waals surface area contributed by atoms with Crippen molar-refractivity contribution in [3.8, 4) is 16.8 Å². The van der Waals surface area contributed by atoms with Crippen LogP contribution in [0.5, 0.6) is 0 Å². The fourth-order valence-corrected chi connectivity index (χ4v) is 5.78. The van der Waals surface area contributed by atoms with Crippen LogP contribution in [0.25, 0.3) is 49.4 Å². The predicted octanol–water partition coefficient (Wildman–Crippen LogP) is 7.68. The first-order chi connectivity index (χ1) is 14.7. The maximum absolute atomic E-state index is 2.46. The van der Waals surface area contributed by atoms with Gasteiger partial charge in [0.05, 0.1) is 11.0 Å². The number of hydrogen-bond donors (Lipinski definition) is 0. The number of aromatic nitrogens is 1. The van der Waals surface area contributed by atoms with Crippen molar-refractivity contribution in [1.82, 2.24) is 4.57 Å². The van der Waals surface area contributed by atoms with Gasteiger partial charge in [-0.3, -0.25) is 0 Å². The van der Waals surface area contributed by atoms with Gasteiger partial charge in [0, 0.05) is 21.9 Å². The van der Waals surface area contributed by atoms with Crippen molar-refractivity contribution < 1.29 is 0 Å². The molecule has 0 atom stereocenters. The van der Waals surface area contributed by atoms with Crippen LogP contribution < -0.4 is 0 Å².